The molecule has 64 valence electrons. The first-order chi connectivity index (χ1) is 5.84. The first-order valence-electron chi connectivity index (χ1n) is 4.21. The van der Waals surface area contributed by atoms with Crippen LogP contribution in [0.2, 0.25) is 0 Å². The van der Waals surface area contributed by atoms with Gasteiger partial charge >= 0.3 is 0 Å². The van der Waals surface area contributed by atoms with E-state index in [1.54, 1.807) is 0 Å². The minimum Gasteiger partial charge on any atom is -0.494 e. The molecule has 0 aliphatic rings. The van der Waals surface area contributed by atoms with Crippen LogP contribution in [-0.2, 0) is 4.74 Å². The SMILES string of the molecule is C=C(OCCC)c1ccccc1. The third-order valence-electron chi connectivity index (χ3n) is 1.58. The fourth-order valence-corrected chi connectivity index (χ4v) is 0.933. The first kappa shape index (κ1) is 8.85. The topological polar surface area (TPSA) is 9.23 Å². The molecule has 0 radical (unpaired) electrons. The molecule has 12 heavy (non-hydrogen) atoms. The molecule has 0 aliphatic carbocycles. The molecule has 0 unspecified atom stereocenters. The maximum absolute atomic E-state index is 5.38. The molecular weight excluding hydrogens is 148 g/mol. The highest BCUT2D eigenvalue weighted by atomic mass is 16.5. The molecule has 0 fully saturated rings. The van der Waals surface area contributed by atoms with Gasteiger partial charge in [-0.1, -0.05) is 43.8 Å². The minimum absolute atomic E-state index is 0.744. The normalized spacial score (nSPS) is 9.42. The summed E-state index contributed by atoms with van der Waals surface area (Å²) in [4.78, 5) is 0. The molecule has 0 aromatic heterocycles. The number of hydrogen-bond donors (Lipinski definition) is 0. The molecular formula is C11H14O. The maximum Gasteiger partial charge on any atom is 0.119 e. The highest BCUT2D eigenvalue weighted by Gasteiger charge is 1.96. The van der Waals surface area contributed by atoms with Crippen LogP contribution in [-0.4, -0.2) is 6.61 Å². The fraction of sp³-hybridized carbons (Fsp3) is 0.273. The molecule has 1 rings (SSSR count). The standard InChI is InChI=1S/C11H14O/c1-3-9-12-10(2)11-7-5-4-6-8-11/h4-8H,2-3,9H2,1H3. The minimum atomic E-state index is 0.744. The van der Waals surface area contributed by atoms with E-state index in [-0.39, 0.29) is 0 Å². The molecule has 0 atom stereocenters. The molecule has 1 aromatic carbocycles. The van der Waals surface area contributed by atoms with Crippen LogP contribution in [0.1, 0.15) is 18.9 Å². The van der Waals surface area contributed by atoms with Gasteiger partial charge in [-0.3, -0.25) is 0 Å². The molecule has 0 heterocycles. The van der Waals surface area contributed by atoms with E-state index in [4.69, 9.17) is 4.74 Å². The Morgan fingerprint density at radius 3 is 2.58 bits per heavy atom. The molecule has 1 aromatic rings. The Labute approximate surface area is 73.7 Å². The molecule has 0 bridgehead atoms. The van der Waals surface area contributed by atoms with Gasteiger partial charge in [0.1, 0.15) is 5.76 Å². The summed E-state index contributed by atoms with van der Waals surface area (Å²) in [6.45, 7) is 6.67. The molecule has 0 saturated heterocycles. The second kappa shape index (κ2) is 4.60. The van der Waals surface area contributed by atoms with Crippen LogP contribution in [0.15, 0.2) is 36.9 Å². The Morgan fingerprint density at radius 1 is 1.33 bits per heavy atom. The van der Waals surface area contributed by atoms with E-state index in [0.29, 0.717) is 0 Å². The summed E-state index contributed by atoms with van der Waals surface area (Å²) in [6.07, 6.45) is 1.02. The van der Waals surface area contributed by atoms with Gasteiger partial charge in [0, 0.05) is 5.56 Å². The lowest BCUT2D eigenvalue weighted by Gasteiger charge is -2.06. The van der Waals surface area contributed by atoms with E-state index in [2.05, 4.69) is 13.5 Å². The van der Waals surface area contributed by atoms with Gasteiger partial charge in [-0.25, -0.2) is 0 Å². The van der Waals surface area contributed by atoms with E-state index in [0.717, 1.165) is 24.4 Å². The van der Waals surface area contributed by atoms with Crippen LogP contribution in [0, 0.1) is 0 Å². The third-order valence-corrected chi connectivity index (χ3v) is 1.58. The molecule has 0 saturated carbocycles. The van der Waals surface area contributed by atoms with Crippen LogP contribution in [0.25, 0.3) is 5.76 Å². The van der Waals surface area contributed by atoms with Gasteiger partial charge in [-0.05, 0) is 6.42 Å². The van der Waals surface area contributed by atoms with Crippen molar-refractivity contribution < 1.29 is 4.74 Å². The third kappa shape index (κ3) is 2.42. The summed E-state index contributed by atoms with van der Waals surface area (Å²) < 4.78 is 5.38. The van der Waals surface area contributed by atoms with Crippen molar-refractivity contribution >= 4 is 5.76 Å². The molecule has 1 nitrogen and oxygen atoms in total. The number of ether oxygens (including phenoxy) is 1. The molecule has 0 N–H and O–H groups in total. The van der Waals surface area contributed by atoms with E-state index in [1.165, 1.54) is 0 Å². The highest BCUT2D eigenvalue weighted by molar-refractivity contribution is 5.56. The van der Waals surface area contributed by atoms with Gasteiger partial charge in [-0.15, -0.1) is 0 Å². The molecule has 0 aliphatic heterocycles. The van der Waals surface area contributed by atoms with Crippen LogP contribution in [0.5, 0.6) is 0 Å². The maximum atomic E-state index is 5.38. The zero-order valence-electron chi connectivity index (χ0n) is 7.42. The van der Waals surface area contributed by atoms with Gasteiger partial charge in [0.2, 0.25) is 0 Å². The predicted molar refractivity (Wildman–Crippen MR) is 51.7 cm³/mol. The lowest BCUT2D eigenvalue weighted by molar-refractivity contribution is 0.278. The largest absolute Gasteiger partial charge is 0.494 e. The van der Waals surface area contributed by atoms with E-state index in [1.807, 2.05) is 30.3 Å². The second-order valence-electron chi connectivity index (χ2n) is 2.64. The van der Waals surface area contributed by atoms with Gasteiger partial charge in [0.05, 0.1) is 6.61 Å². The zero-order chi connectivity index (χ0) is 8.81. The molecule has 0 amide bonds. The second-order valence-corrected chi connectivity index (χ2v) is 2.64. The molecule has 1 heteroatoms. The Morgan fingerprint density at radius 2 is 2.00 bits per heavy atom. The quantitative estimate of drug-likeness (QED) is 0.618. The summed E-state index contributed by atoms with van der Waals surface area (Å²) >= 11 is 0. The Balaban J connectivity index is 2.54. The lowest BCUT2D eigenvalue weighted by atomic mass is 10.2. The van der Waals surface area contributed by atoms with Crippen LogP contribution >= 0.6 is 0 Å². The van der Waals surface area contributed by atoms with Crippen molar-refractivity contribution in [2.24, 2.45) is 0 Å². The first-order valence-corrected chi connectivity index (χ1v) is 4.21. The van der Waals surface area contributed by atoms with Crippen LogP contribution in [0.4, 0.5) is 0 Å². The van der Waals surface area contributed by atoms with Crippen molar-refractivity contribution in [3.05, 3.63) is 42.5 Å². The summed E-state index contributed by atoms with van der Waals surface area (Å²) in [5, 5.41) is 0. The van der Waals surface area contributed by atoms with Crippen molar-refractivity contribution in [3.8, 4) is 0 Å². The zero-order valence-corrected chi connectivity index (χ0v) is 7.42. The van der Waals surface area contributed by atoms with Crippen molar-refractivity contribution in [2.75, 3.05) is 6.61 Å². The summed E-state index contributed by atoms with van der Waals surface area (Å²) in [5.41, 5.74) is 1.06. The fourth-order valence-electron chi connectivity index (χ4n) is 0.933. The van der Waals surface area contributed by atoms with E-state index in [9.17, 15) is 0 Å². The highest BCUT2D eigenvalue weighted by Crippen LogP contribution is 2.12. The number of rotatable bonds is 4. The van der Waals surface area contributed by atoms with Crippen molar-refractivity contribution in [3.63, 3.8) is 0 Å². The van der Waals surface area contributed by atoms with Crippen molar-refractivity contribution in [1.29, 1.82) is 0 Å². The van der Waals surface area contributed by atoms with Gasteiger partial charge < -0.3 is 4.74 Å². The van der Waals surface area contributed by atoms with Gasteiger partial charge in [0.15, 0.2) is 0 Å². The Bertz CT molecular complexity index is 238. The van der Waals surface area contributed by atoms with Crippen molar-refractivity contribution in [1.82, 2.24) is 0 Å². The monoisotopic (exact) mass is 162 g/mol. The van der Waals surface area contributed by atoms with Crippen LogP contribution in [0.3, 0.4) is 0 Å². The Kier molecular flexibility index (Phi) is 3.39. The van der Waals surface area contributed by atoms with Gasteiger partial charge in [-0.2, -0.15) is 0 Å². The lowest BCUT2D eigenvalue weighted by Crippen LogP contribution is -1.91. The predicted octanol–water partition coefficient (Wildman–Crippen LogP) is 3.08. The average Bonchev–Trinajstić information content (AvgIpc) is 2.15. The van der Waals surface area contributed by atoms with E-state index < -0.39 is 0 Å². The summed E-state index contributed by atoms with van der Waals surface area (Å²) in [6, 6.07) is 9.94. The number of benzene rings is 1. The smallest absolute Gasteiger partial charge is 0.119 e. The van der Waals surface area contributed by atoms with Crippen LogP contribution < -0.4 is 0 Å². The number of hydrogen-bond acceptors (Lipinski definition) is 1. The Hall–Kier alpha value is -1.24. The molecule has 0 spiro atoms. The van der Waals surface area contributed by atoms with Gasteiger partial charge in [0.25, 0.3) is 0 Å². The van der Waals surface area contributed by atoms with E-state index >= 15 is 0 Å². The average molecular weight is 162 g/mol. The summed E-state index contributed by atoms with van der Waals surface area (Å²) in [7, 11) is 0. The summed E-state index contributed by atoms with van der Waals surface area (Å²) in [5.74, 6) is 0.762. The van der Waals surface area contributed by atoms with Crippen molar-refractivity contribution in [2.45, 2.75) is 13.3 Å².